The molecule has 1 aliphatic heterocycles. The van der Waals surface area contributed by atoms with Crippen molar-refractivity contribution in [2.45, 2.75) is 24.6 Å². The number of terminal acetylenes is 1. The number of rotatable bonds is 3. The lowest BCUT2D eigenvalue weighted by molar-refractivity contribution is 0.0438. The SMILES string of the molecule is C#CCONC1CSC(C)C1. The molecule has 62 valence electrons. The Labute approximate surface area is 72.0 Å². The largest absolute Gasteiger partial charge is 0.289 e. The summed E-state index contributed by atoms with van der Waals surface area (Å²) < 4.78 is 0. The van der Waals surface area contributed by atoms with Gasteiger partial charge in [0.1, 0.15) is 6.61 Å². The zero-order valence-electron chi connectivity index (χ0n) is 6.67. The summed E-state index contributed by atoms with van der Waals surface area (Å²) >= 11 is 1.97. The van der Waals surface area contributed by atoms with Crippen LogP contribution in [0.4, 0.5) is 0 Å². The van der Waals surface area contributed by atoms with Gasteiger partial charge in [0.15, 0.2) is 0 Å². The Hall–Kier alpha value is -0.170. The maximum Gasteiger partial charge on any atom is 0.128 e. The summed E-state index contributed by atoms with van der Waals surface area (Å²) in [6, 6.07) is 0.489. The molecule has 0 aromatic rings. The minimum Gasteiger partial charge on any atom is -0.289 e. The highest BCUT2D eigenvalue weighted by Gasteiger charge is 2.21. The smallest absolute Gasteiger partial charge is 0.128 e. The minimum atomic E-state index is 0.357. The standard InChI is InChI=1S/C8H13NOS/c1-3-4-10-9-8-5-7(2)11-6-8/h1,7-9H,4-6H2,2H3. The molecule has 1 heterocycles. The van der Waals surface area contributed by atoms with Crippen molar-refractivity contribution in [2.75, 3.05) is 12.4 Å². The lowest BCUT2D eigenvalue weighted by atomic mass is 10.2. The van der Waals surface area contributed by atoms with Gasteiger partial charge in [-0.3, -0.25) is 4.84 Å². The lowest BCUT2D eigenvalue weighted by Crippen LogP contribution is -2.29. The molecule has 1 fully saturated rings. The molecule has 0 amide bonds. The first-order valence-corrected chi connectivity index (χ1v) is 4.80. The van der Waals surface area contributed by atoms with E-state index in [-0.39, 0.29) is 0 Å². The molecule has 0 radical (unpaired) electrons. The van der Waals surface area contributed by atoms with Gasteiger partial charge in [-0.25, -0.2) is 0 Å². The van der Waals surface area contributed by atoms with E-state index in [1.54, 1.807) is 0 Å². The van der Waals surface area contributed by atoms with E-state index >= 15 is 0 Å². The molecule has 0 bridgehead atoms. The number of nitrogens with one attached hydrogen (secondary N) is 1. The van der Waals surface area contributed by atoms with Crippen LogP contribution in [0.5, 0.6) is 0 Å². The van der Waals surface area contributed by atoms with Crippen molar-refractivity contribution in [2.24, 2.45) is 0 Å². The lowest BCUT2D eigenvalue weighted by Gasteiger charge is -2.08. The summed E-state index contributed by atoms with van der Waals surface area (Å²) in [6.45, 7) is 2.59. The van der Waals surface area contributed by atoms with Crippen molar-refractivity contribution in [1.29, 1.82) is 0 Å². The zero-order valence-corrected chi connectivity index (χ0v) is 7.49. The van der Waals surface area contributed by atoms with Gasteiger partial charge in [-0.05, 0) is 6.42 Å². The predicted molar refractivity (Wildman–Crippen MR) is 48.2 cm³/mol. The number of hydrogen-bond acceptors (Lipinski definition) is 3. The predicted octanol–water partition coefficient (Wildman–Crippen LogP) is 1.03. The van der Waals surface area contributed by atoms with E-state index in [1.165, 1.54) is 6.42 Å². The second-order valence-electron chi connectivity index (χ2n) is 2.69. The summed E-state index contributed by atoms with van der Waals surface area (Å²) in [7, 11) is 0. The molecule has 0 spiro atoms. The second kappa shape index (κ2) is 4.66. The van der Waals surface area contributed by atoms with Crippen LogP contribution in [0.25, 0.3) is 0 Å². The summed E-state index contributed by atoms with van der Waals surface area (Å²) in [6.07, 6.45) is 6.20. The minimum absolute atomic E-state index is 0.357. The van der Waals surface area contributed by atoms with Crippen LogP contribution in [0.15, 0.2) is 0 Å². The van der Waals surface area contributed by atoms with E-state index in [9.17, 15) is 0 Å². The Kier molecular flexibility index (Phi) is 3.78. The molecule has 11 heavy (non-hydrogen) atoms. The Morgan fingerprint density at radius 1 is 1.82 bits per heavy atom. The van der Waals surface area contributed by atoms with Crippen molar-refractivity contribution < 1.29 is 4.84 Å². The van der Waals surface area contributed by atoms with Gasteiger partial charge in [-0.15, -0.1) is 6.42 Å². The second-order valence-corrected chi connectivity index (χ2v) is 4.16. The Balaban J connectivity index is 2.05. The topological polar surface area (TPSA) is 21.3 Å². The van der Waals surface area contributed by atoms with Gasteiger partial charge in [0, 0.05) is 17.0 Å². The molecule has 1 aliphatic rings. The molecule has 1 rings (SSSR count). The molecule has 0 aliphatic carbocycles. The Morgan fingerprint density at radius 3 is 3.18 bits per heavy atom. The monoisotopic (exact) mass is 171 g/mol. The summed E-state index contributed by atoms with van der Waals surface area (Å²) in [5.41, 5.74) is 2.95. The maximum atomic E-state index is 5.02. The van der Waals surface area contributed by atoms with Crippen LogP contribution in [0.3, 0.4) is 0 Å². The van der Waals surface area contributed by atoms with Gasteiger partial charge in [0.05, 0.1) is 0 Å². The van der Waals surface area contributed by atoms with E-state index < -0.39 is 0 Å². The average molecular weight is 171 g/mol. The van der Waals surface area contributed by atoms with E-state index in [2.05, 4.69) is 18.3 Å². The summed E-state index contributed by atoms with van der Waals surface area (Å²) in [5, 5.41) is 0.752. The van der Waals surface area contributed by atoms with Gasteiger partial charge in [0.25, 0.3) is 0 Å². The van der Waals surface area contributed by atoms with Crippen molar-refractivity contribution in [3.05, 3.63) is 0 Å². The van der Waals surface area contributed by atoms with Crippen molar-refractivity contribution in [3.8, 4) is 12.3 Å². The Bertz CT molecular complexity index is 155. The zero-order chi connectivity index (χ0) is 8.10. The molecule has 0 aromatic heterocycles. The fraction of sp³-hybridized carbons (Fsp3) is 0.750. The molecular weight excluding hydrogens is 158 g/mol. The molecule has 1 saturated heterocycles. The molecule has 3 heteroatoms. The van der Waals surface area contributed by atoms with Gasteiger partial charge >= 0.3 is 0 Å². The summed E-state index contributed by atoms with van der Waals surface area (Å²) in [5.74, 6) is 3.54. The molecular formula is C8H13NOS. The van der Waals surface area contributed by atoms with Crippen LogP contribution in [0.2, 0.25) is 0 Å². The molecule has 1 N–H and O–H groups in total. The molecule has 2 unspecified atom stereocenters. The normalized spacial score (nSPS) is 30.2. The first kappa shape index (κ1) is 8.92. The third-order valence-electron chi connectivity index (χ3n) is 1.60. The summed E-state index contributed by atoms with van der Waals surface area (Å²) in [4.78, 5) is 5.02. The third-order valence-corrected chi connectivity index (χ3v) is 2.96. The van der Waals surface area contributed by atoms with E-state index in [1.807, 2.05) is 11.8 Å². The highest BCUT2D eigenvalue weighted by Crippen LogP contribution is 2.25. The van der Waals surface area contributed by atoms with Gasteiger partial charge in [-0.1, -0.05) is 12.8 Å². The van der Waals surface area contributed by atoms with E-state index in [0.717, 1.165) is 11.0 Å². The van der Waals surface area contributed by atoms with Crippen molar-refractivity contribution in [3.63, 3.8) is 0 Å². The van der Waals surface area contributed by atoms with Crippen LogP contribution in [0, 0.1) is 12.3 Å². The van der Waals surface area contributed by atoms with Gasteiger partial charge < -0.3 is 0 Å². The van der Waals surface area contributed by atoms with Crippen molar-refractivity contribution in [1.82, 2.24) is 5.48 Å². The van der Waals surface area contributed by atoms with Gasteiger partial charge in [0.2, 0.25) is 0 Å². The molecule has 0 aromatic carbocycles. The Morgan fingerprint density at radius 2 is 2.64 bits per heavy atom. The van der Waals surface area contributed by atoms with Crippen LogP contribution in [-0.2, 0) is 4.84 Å². The first-order valence-electron chi connectivity index (χ1n) is 3.75. The molecule has 0 saturated carbocycles. The fourth-order valence-corrected chi connectivity index (χ4v) is 2.23. The fourth-order valence-electron chi connectivity index (χ4n) is 1.10. The van der Waals surface area contributed by atoms with Crippen molar-refractivity contribution >= 4 is 11.8 Å². The van der Waals surface area contributed by atoms with E-state index in [4.69, 9.17) is 11.3 Å². The maximum absolute atomic E-state index is 5.02. The highest BCUT2D eigenvalue weighted by molar-refractivity contribution is 8.00. The molecule has 2 nitrogen and oxygen atoms in total. The number of hydroxylamine groups is 1. The van der Waals surface area contributed by atoms with Crippen LogP contribution in [-0.4, -0.2) is 23.7 Å². The number of hydrogen-bond donors (Lipinski definition) is 1. The number of thioether (sulfide) groups is 1. The molecule has 2 atom stereocenters. The first-order chi connectivity index (χ1) is 5.33. The van der Waals surface area contributed by atoms with E-state index in [0.29, 0.717) is 12.6 Å². The van der Waals surface area contributed by atoms with Crippen LogP contribution in [0.1, 0.15) is 13.3 Å². The van der Waals surface area contributed by atoms with Crippen LogP contribution < -0.4 is 5.48 Å². The highest BCUT2D eigenvalue weighted by atomic mass is 32.2. The van der Waals surface area contributed by atoms with Gasteiger partial charge in [-0.2, -0.15) is 17.2 Å². The average Bonchev–Trinajstić information content (AvgIpc) is 2.37. The third kappa shape index (κ3) is 3.15. The van der Waals surface area contributed by atoms with Crippen LogP contribution >= 0.6 is 11.8 Å². The quantitative estimate of drug-likeness (QED) is 0.389.